The number of aliphatic imine (C=N–C) groups is 1. The van der Waals surface area contributed by atoms with Crippen molar-refractivity contribution in [2.75, 3.05) is 32.7 Å². The van der Waals surface area contributed by atoms with Crippen molar-refractivity contribution < 1.29 is 4.79 Å². The molecule has 0 spiro atoms. The normalized spacial score (nSPS) is 15.2. The van der Waals surface area contributed by atoms with Crippen LogP contribution >= 0.6 is 24.0 Å². The van der Waals surface area contributed by atoms with E-state index < -0.39 is 0 Å². The predicted octanol–water partition coefficient (Wildman–Crippen LogP) is 2.44. The number of carbonyl (C=O) groups excluding carboxylic acids is 1. The van der Waals surface area contributed by atoms with Gasteiger partial charge in [0.2, 0.25) is 5.91 Å². The number of guanidine groups is 1. The Kier molecular flexibility index (Phi) is 12.9. The van der Waals surface area contributed by atoms with Crippen LogP contribution in [0.1, 0.15) is 58.7 Å². The molecule has 0 aliphatic carbocycles. The van der Waals surface area contributed by atoms with Gasteiger partial charge in [-0.15, -0.1) is 34.2 Å². The number of amides is 1. The fraction of sp³-hybridized carbons (Fsp3) is 0.800. The van der Waals surface area contributed by atoms with Gasteiger partial charge in [0, 0.05) is 52.1 Å². The molecular weight excluding hydrogens is 481 g/mol. The lowest BCUT2D eigenvalue weighted by molar-refractivity contribution is -0.130. The highest BCUT2D eigenvalue weighted by atomic mass is 127. The van der Waals surface area contributed by atoms with Crippen LogP contribution in [0.3, 0.4) is 0 Å². The fourth-order valence-corrected chi connectivity index (χ4v) is 3.23. The van der Waals surface area contributed by atoms with Crippen molar-refractivity contribution in [3.8, 4) is 0 Å². The van der Waals surface area contributed by atoms with Crippen LogP contribution in [0.4, 0.5) is 0 Å². The molecule has 0 aromatic carbocycles. The molecule has 0 saturated carbocycles. The molecule has 166 valence electrons. The third kappa shape index (κ3) is 9.77. The van der Waals surface area contributed by atoms with E-state index >= 15 is 0 Å². The molecule has 9 heteroatoms. The Hall–Kier alpha value is -1.39. The Morgan fingerprint density at radius 3 is 2.76 bits per heavy atom. The summed E-state index contributed by atoms with van der Waals surface area (Å²) < 4.78 is 2.07. The molecule has 1 aromatic heterocycles. The highest BCUT2D eigenvalue weighted by Crippen LogP contribution is 2.11. The molecule has 0 unspecified atom stereocenters. The average molecular weight is 519 g/mol. The van der Waals surface area contributed by atoms with Crippen molar-refractivity contribution >= 4 is 35.8 Å². The minimum absolute atomic E-state index is 0. The molecule has 1 amide bonds. The zero-order chi connectivity index (χ0) is 20.2. The first kappa shape index (κ1) is 25.6. The Labute approximate surface area is 192 Å². The van der Waals surface area contributed by atoms with Crippen LogP contribution in [0.5, 0.6) is 0 Å². The second-order valence-corrected chi connectivity index (χ2v) is 7.78. The van der Waals surface area contributed by atoms with Gasteiger partial charge in [0.05, 0.1) is 0 Å². The Bertz CT molecular complexity index is 618. The monoisotopic (exact) mass is 519 g/mol. The smallest absolute Gasteiger partial charge is 0.222 e. The van der Waals surface area contributed by atoms with E-state index in [1.165, 1.54) is 6.42 Å². The zero-order valence-corrected chi connectivity index (χ0v) is 20.5. The number of hydrogen-bond acceptors (Lipinski definition) is 4. The molecule has 1 aliphatic heterocycles. The number of rotatable bonds is 10. The van der Waals surface area contributed by atoms with Crippen LogP contribution in [0.2, 0.25) is 0 Å². The van der Waals surface area contributed by atoms with Crippen molar-refractivity contribution in [3.05, 3.63) is 12.2 Å². The van der Waals surface area contributed by atoms with Crippen LogP contribution in [0.15, 0.2) is 11.3 Å². The standard InChI is InChI=1S/C20H37N7O.HI/c1-4-18-25-24-16-27(18)14-11-22-20(23-15-17(2)3)21-10-8-13-26-12-7-5-6-9-19(26)28;/h16-17H,4-15H2,1-3H3,(H2,21,22,23);1H. The van der Waals surface area contributed by atoms with Crippen molar-refractivity contribution in [2.24, 2.45) is 10.9 Å². The van der Waals surface area contributed by atoms with Gasteiger partial charge in [-0.05, 0) is 25.2 Å². The summed E-state index contributed by atoms with van der Waals surface area (Å²) in [5.74, 6) is 2.66. The SMILES string of the molecule is CCc1nncn1CCNC(=NCC(C)C)NCCCN1CCCCCC1=O.I. The van der Waals surface area contributed by atoms with E-state index in [0.717, 1.165) is 76.7 Å². The van der Waals surface area contributed by atoms with Crippen LogP contribution < -0.4 is 10.6 Å². The Balaban J connectivity index is 0.00000420. The zero-order valence-electron chi connectivity index (χ0n) is 18.2. The van der Waals surface area contributed by atoms with Gasteiger partial charge in [-0.3, -0.25) is 9.79 Å². The van der Waals surface area contributed by atoms with E-state index in [1.54, 1.807) is 6.33 Å². The van der Waals surface area contributed by atoms with E-state index in [4.69, 9.17) is 0 Å². The summed E-state index contributed by atoms with van der Waals surface area (Å²) in [5, 5.41) is 14.9. The summed E-state index contributed by atoms with van der Waals surface area (Å²) >= 11 is 0. The number of nitrogens with zero attached hydrogens (tertiary/aromatic N) is 5. The molecular formula is C20H38IN7O. The van der Waals surface area contributed by atoms with E-state index in [9.17, 15) is 4.79 Å². The molecule has 1 aliphatic rings. The predicted molar refractivity (Wildman–Crippen MR) is 128 cm³/mol. The first-order chi connectivity index (χ1) is 13.6. The fourth-order valence-electron chi connectivity index (χ4n) is 3.23. The number of aryl methyl sites for hydroxylation is 1. The van der Waals surface area contributed by atoms with E-state index in [1.807, 2.05) is 4.90 Å². The minimum Gasteiger partial charge on any atom is -0.356 e. The van der Waals surface area contributed by atoms with Crippen LogP contribution in [-0.2, 0) is 17.8 Å². The van der Waals surface area contributed by atoms with Gasteiger partial charge < -0.3 is 20.1 Å². The van der Waals surface area contributed by atoms with Gasteiger partial charge in [-0.2, -0.15) is 0 Å². The second-order valence-electron chi connectivity index (χ2n) is 7.78. The van der Waals surface area contributed by atoms with Gasteiger partial charge in [-0.1, -0.05) is 27.2 Å². The first-order valence-electron chi connectivity index (χ1n) is 10.8. The lowest BCUT2D eigenvalue weighted by atomic mass is 10.2. The summed E-state index contributed by atoms with van der Waals surface area (Å²) in [6.07, 6.45) is 7.63. The number of nitrogens with one attached hydrogen (secondary N) is 2. The van der Waals surface area contributed by atoms with Crippen LogP contribution in [0.25, 0.3) is 0 Å². The molecule has 0 bridgehead atoms. The summed E-state index contributed by atoms with van der Waals surface area (Å²) in [4.78, 5) is 18.8. The number of aromatic nitrogens is 3. The molecule has 1 fully saturated rings. The van der Waals surface area contributed by atoms with Gasteiger partial charge in [-0.25, -0.2) is 0 Å². The molecule has 2 heterocycles. The summed E-state index contributed by atoms with van der Waals surface area (Å²) in [6.45, 7) is 11.3. The minimum atomic E-state index is 0. The second kappa shape index (κ2) is 14.6. The highest BCUT2D eigenvalue weighted by Gasteiger charge is 2.15. The number of hydrogen-bond donors (Lipinski definition) is 2. The molecule has 0 atom stereocenters. The van der Waals surface area contributed by atoms with E-state index in [2.05, 4.69) is 51.2 Å². The van der Waals surface area contributed by atoms with Crippen molar-refractivity contribution in [1.82, 2.24) is 30.3 Å². The molecule has 2 rings (SSSR count). The molecule has 0 radical (unpaired) electrons. The maximum atomic E-state index is 12.1. The van der Waals surface area contributed by atoms with Gasteiger partial charge in [0.15, 0.2) is 5.96 Å². The number of carbonyl (C=O) groups is 1. The van der Waals surface area contributed by atoms with Gasteiger partial charge in [0.1, 0.15) is 12.2 Å². The largest absolute Gasteiger partial charge is 0.356 e. The third-order valence-corrected chi connectivity index (χ3v) is 4.84. The molecule has 8 nitrogen and oxygen atoms in total. The summed E-state index contributed by atoms with van der Waals surface area (Å²) in [5.41, 5.74) is 0. The molecule has 2 N–H and O–H groups in total. The van der Waals surface area contributed by atoms with Crippen LogP contribution in [0, 0.1) is 5.92 Å². The van der Waals surface area contributed by atoms with Gasteiger partial charge >= 0.3 is 0 Å². The van der Waals surface area contributed by atoms with E-state index in [0.29, 0.717) is 18.2 Å². The number of likely N-dealkylation sites (tertiary alicyclic amines) is 1. The van der Waals surface area contributed by atoms with Crippen molar-refractivity contribution in [1.29, 1.82) is 0 Å². The lowest BCUT2D eigenvalue weighted by Gasteiger charge is -2.21. The highest BCUT2D eigenvalue weighted by molar-refractivity contribution is 14.0. The Morgan fingerprint density at radius 2 is 2.00 bits per heavy atom. The van der Waals surface area contributed by atoms with Crippen LogP contribution in [-0.4, -0.2) is 64.3 Å². The maximum Gasteiger partial charge on any atom is 0.222 e. The maximum absolute atomic E-state index is 12.1. The molecule has 1 aromatic rings. The lowest BCUT2D eigenvalue weighted by Crippen LogP contribution is -2.41. The van der Waals surface area contributed by atoms with Gasteiger partial charge in [0.25, 0.3) is 0 Å². The average Bonchev–Trinajstić information content (AvgIpc) is 3.03. The third-order valence-electron chi connectivity index (χ3n) is 4.84. The van der Waals surface area contributed by atoms with E-state index in [-0.39, 0.29) is 24.0 Å². The first-order valence-corrected chi connectivity index (χ1v) is 10.8. The quantitative estimate of drug-likeness (QED) is 0.215. The van der Waals surface area contributed by atoms with Crippen molar-refractivity contribution in [2.45, 2.75) is 65.8 Å². The topological polar surface area (TPSA) is 87.4 Å². The molecule has 29 heavy (non-hydrogen) atoms. The molecule has 1 saturated heterocycles. The summed E-state index contributed by atoms with van der Waals surface area (Å²) in [6, 6.07) is 0. The number of halogens is 1. The Morgan fingerprint density at radius 1 is 1.21 bits per heavy atom. The van der Waals surface area contributed by atoms with Crippen molar-refractivity contribution in [3.63, 3.8) is 0 Å². The summed E-state index contributed by atoms with van der Waals surface area (Å²) in [7, 11) is 0.